The monoisotopic (exact) mass is 208 g/mol. The number of thioether (sulfide) groups is 1. The smallest absolute Gasteiger partial charge is 0.0551 e. The highest BCUT2D eigenvalue weighted by Gasteiger charge is 2.20. The molecular formula is C12H16OS. The van der Waals surface area contributed by atoms with Gasteiger partial charge in [0.2, 0.25) is 0 Å². The van der Waals surface area contributed by atoms with Crippen LogP contribution in [0.4, 0.5) is 0 Å². The third-order valence-corrected chi connectivity index (χ3v) is 3.95. The summed E-state index contributed by atoms with van der Waals surface area (Å²) >= 11 is 1.91. The number of hydrogen-bond acceptors (Lipinski definition) is 2. The third kappa shape index (κ3) is 2.76. The van der Waals surface area contributed by atoms with Gasteiger partial charge in [0.1, 0.15) is 0 Å². The summed E-state index contributed by atoms with van der Waals surface area (Å²) in [6, 6.07) is 10.5. The van der Waals surface area contributed by atoms with Crippen LogP contribution >= 0.6 is 11.8 Å². The van der Waals surface area contributed by atoms with Crippen LogP contribution in [0.1, 0.15) is 25.7 Å². The molecule has 1 aromatic carbocycles. The molecule has 0 saturated heterocycles. The summed E-state index contributed by atoms with van der Waals surface area (Å²) in [4.78, 5) is 1.33. The first-order valence-electron chi connectivity index (χ1n) is 5.24. The molecule has 1 N–H and O–H groups in total. The SMILES string of the molecule is OC1CCCC(Sc2ccccc2)C1. The van der Waals surface area contributed by atoms with Crippen LogP contribution in [0.15, 0.2) is 35.2 Å². The van der Waals surface area contributed by atoms with Crippen molar-refractivity contribution in [2.24, 2.45) is 0 Å². The summed E-state index contributed by atoms with van der Waals surface area (Å²) in [5.74, 6) is 0. The van der Waals surface area contributed by atoms with E-state index < -0.39 is 0 Å². The Bertz CT molecular complexity index is 273. The Morgan fingerprint density at radius 2 is 1.93 bits per heavy atom. The van der Waals surface area contributed by atoms with Crippen molar-refractivity contribution in [3.63, 3.8) is 0 Å². The van der Waals surface area contributed by atoms with E-state index in [-0.39, 0.29) is 6.10 Å². The van der Waals surface area contributed by atoms with Gasteiger partial charge in [0.25, 0.3) is 0 Å². The van der Waals surface area contributed by atoms with E-state index in [2.05, 4.69) is 24.3 Å². The first kappa shape index (κ1) is 10.1. The van der Waals surface area contributed by atoms with Gasteiger partial charge in [0.15, 0.2) is 0 Å². The quantitative estimate of drug-likeness (QED) is 0.806. The van der Waals surface area contributed by atoms with Crippen molar-refractivity contribution in [1.82, 2.24) is 0 Å². The molecule has 0 heterocycles. The van der Waals surface area contributed by atoms with E-state index >= 15 is 0 Å². The van der Waals surface area contributed by atoms with E-state index in [9.17, 15) is 5.11 Å². The van der Waals surface area contributed by atoms with E-state index in [1.165, 1.54) is 17.7 Å². The molecule has 2 atom stereocenters. The Hall–Kier alpha value is -0.470. The topological polar surface area (TPSA) is 20.2 Å². The molecule has 2 unspecified atom stereocenters. The lowest BCUT2D eigenvalue weighted by Gasteiger charge is -2.25. The fraction of sp³-hybridized carbons (Fsp3) is 0.500. The summed E-state index contributed by atoms with van der Waals surface area (Å²) in [5.41, 5.74) is 0. The molecule has 0 spiro atoms. The third-order valence-electron chi connectivity index (χ3n) is 2.64. The van der Waals surface area contributed by atoms with Gasteiger partial charge >= 0.3 is 0 Å². The fourth-order valence-corrected chi connectivity index (χ4v) is 3.22. The molecule has 14 heavy (non-hydrogen) atoms. The first-order valence-corrected chi connectivity index (χ1v) is 6.12. The maximum Gasteiger partial charge on any atom is 0.0551 e. The van der Waals surface area contributed by atoms with Crippen molar-refractivity contribution in [2.75, 3.05) is 0 Å². The highest BCUT2D eigenvalue weighted by molar-refractivity contribution is 8.00. The highest BCUT2D eigenvalue weighted by atomic mass is 32.2. The lowest BCUT2D eigenvalue weighted by molar-refractivity contribution is 0.133. The Kier molecular flexibility index (Phi) is 3.49. The molecule has 0 amide bonds. The van der Waals surface area contributed by atoms with Gasteiger partial charge in [-0.25, -0.2) is 0 Å². The number of hydrogen-bond donors (Lipinski definition) is 1. The zero-order valence-corrected chi connectivity index (χ0v) is 9.04. The average Bonchev–Trinajstić information content (AvgIpc) is 2.19. The molecule has 1 aliphatic carbocycles. The van der Waals surface area contributed by atoms with Crippen molar-refractivity contribution < 1.29 is 5.11 Å². The second-order valence-electron chi connectivity index (χ2n) is 3.87. The lowest BCUT2D eigenvalue weighted by atomic mass is 9.97. The van der Waals surface area contributed by atoms with Gasteiger partial charge in [-0.15, -0.1) is 11.8 Å². The van der Waals surface area contributed by atoms with Crippen LogP contribution in [0.3, 0.4) is 0 Å². The van der Waals surface area contributed by atoms with E-state index in [1.54, 1.807) is 0 Å². The minimum atomic E-state index is -0.0648. The van der Waals surface area contributed by atoms with Gasteiger partial charge in [-0.1, -0.05) is 18.2 Å². The molecule has 2 heteroatoms. The van der Waals surface area contributed by atoms with Crippen molar-refractivity contribution in [3.8, 4) is 0 Å². The Balaban J connectivity index is 1.91. The zero-order chi connectivity index (χ0) is 9.80. The van der Waals surface area contributed by atoms with E-state index in [0.717, 1.165) is 12.8 Å². The number of aliphatic hydroxyl groups excluding tert-OH is 1. The molecule has 1 fully saturated rings. The molecule has 0 aliphatic heterocycles. The average molecular weight is 208 g/mol. The van der Waals surface area contributed by atoms with Gasteiger partial charge in [-0.3, -0.25) is 0 Å². The van der Waals surface area contributed by atoms with Crippen LogP contribution in [0.5, 0.6) is 0 Å². The van der Waals surface area contributed by atoms with Gasteiger partial charge in [-0.2, -0.15) is 0 Å². The van der Waals surface area contributed by atoms with E-state index in [0.29, 0.717) is 5.25 Å². The molecule has 0 bridgehead atoms. The highest BCUT2D eigenvalue weighted by Crippen LogP contribution is 2.33. The normalized spacial score (nSPS) is 27.5. The van der Waals surface area contributed by atoms with E-state index in [1.807, 2.05) is 17.8 Å². The summed E-state index contributed by atoms with van der Waals surface area (Å²) in [5, 5.41) is 10.2. The van der Waals surface area contributed by atoms with Crippen LogP contribution in [-0.2, 0) is 0 Å². The first-order chi connectivity index (χ1) is 6.84. The predicted octanol–water partition coefficient (Wildman–Crippen LogP) is 3.08. The number of aliphatic hydroxyl groups is 1. The van der Waals surface area contributed by atoms with Gasteiger partial charge in [-0.05, 0) is 37.8 Å². The summed E-state index contributed by atoms with van der Waals surface area (Å²) in [7, 11) is 0. The summed E-state index contributed by atoms with van der Waals surface area (Å²) < 4.78 is 0. The maximum absolute atomic E-state index is 9.54. The molecule has 2 rings (SSSR count). The Morgan fingerprint density at radius 3 is 2.64 bits per heavy atom. The molecule has 76 valence electrons. The van der Waals surface area contributed by atoms with Crippen LogP contribution in [-0.4, -0.2) is 16.5 Å². The molecule has 0 radical (unpaired) electrons. The number of rotatable bonds is 2. The van der Waals surface area contributed by atoms with Crippen LogP contribution in [0.2, 0.25) is 0 Å². The zero-order valence-electron chi connectivity index (χ0n) is 8.23. The van der Waals surface area contributed by atoms with Crippen molar-refractivity contribution in [3.05, 3.63) is 30.3 Å². The summed E-state index contributed by atoms with van der Waals surface area (Å²) in [6.45, 7) is 0. The van der Waals surface area contributed by atoms with Gasteiger partial charge in [0, 0.05) is 10.1 Å². The lowest BCUT2D eigenvalue weighted by Crippen LogP contribution is -2.20. The predicted molar refractivity (Wildman–Crippen MR) is 60.6 cm³/mol. The van der Waals surface area contributed by atoms with Crippen LogP contribution in [0.25, 0.3) is 0 Å². The Morgan fingerprint density at radius 1 is 1.14 bits per heavy atom. The standard InChI is InChI=1S/C12H16OS/c13-10-5-4-8-12(9-10)14-11-6-2-1-3-7-11/h1-3,6-7,10,12-13H,4-5,8-9H2. The van der Waals surface area contributed by atoms with Gasteiger partial charge < -0.3 is 5.11 Å². The largest absolute Gasteiger partial charge is 0.393 e. The number of benzene rings is 1. The van der Waals surface area contributed by atoms with Gasteiger partial charge in [0.05, 0.1) is 6.10 Å². The minimum absolute atomic E-state index is 0.0648. The summed E-state index contributed by atoms with van der Waals surface area (Å²) in [6.07, 6.45) is 4.30. The fourth-order valence-electron chi connectivity index (χ4n) is 1.92. The molecular weight excluding hydrogens is 192 g/mol. The maximum atomic E-state index is 9.54. The molecule has 1 aromatic rings. The molecule has 0 aromatic heterocycles. The molecule has 1 nitrogen and oxygen atoms in total. The van der Waals surface area contributed by atoms with Crippen molar-refractivity contribution in [2.45, 2.75) is 41.9 Å². The molecule has 1 saturated carbocycles. The van der Waals surface area contributed by atoms with E-state index in [4.69, 9.17) is 0 Å². The second kappa shape index (κ2) is 4.85. The van der Waals surface area contributed by atoms with Crippen LogP contribution < -0.4 is 0 Å². The second-order valence-corrected chi connectivity index (χ2v) is 5.25. The molecule has 1 aliphatic rings. The van der Waals surface area contributed by atoms with Crippen LogP contribution in [0, 0.1) is 0 Å². The van der Waals surface area contributed by atoms with Crippen molar-refractivity contribution in [1.29, 1.82) is 0 Å². The van der Waals surface area contributed by atoms with Crippen molar-refractivity contribution >= 4 is 11.8 Å². The minimum Gasteiger partial charge on any atom is -0.393 e. The Labute approximate surface area is 89.5 Å².